The number of aromatic carboxylic acids is 1. The van der Waals surface area contributed by atoms with Gasteiger partial charge in [0.25, 0.3) is 6.43 Å². The first kappa shape index (κ1) is 11.7. The summed E-state index contributed by atoms with van der Waals surface area (Å²) in [6.45, 7) is 0. The zero-order valence-electron chi connectivity index (χ0n) is 8.43. The highest BCUT2D eigenvalue weighted by Gasteiger charge is 2.16. The second-order valence-electron chi connectivity index (χ2n) is 3.26. The van der Waals surface area contributed by atoms with Crippen LogP contribution in [-0.4, -0.2) is 16.1 Å². The van der Waals surface area contributed by atoms with Crippen LogP contribution in [0.15, 0.2) is 29.8 Å². The largest absolute Gasteiger partial charge is 0.476 e. The molecular formula is C11H7F2NO2S. The molecular weight excluding hydrogens is 248 g/mol. The van der Waals surface area contributed by atoms with Gasteiger partial charge in [-0.2, -0.15) is 0 Å². The number of hydrogen-bond donors (Lipinski definition) is 1. The van der Waals surface area contributed by atoms with Crippen molar-refractivity contribution in [2.24, 2.45) is 0 Å². The van der Waals surface area contributed by atoms with Crippen molar-refractivity contribution < 1.29 is 18.7 Å². The van der Waals surface area contributed by atoms with Crippen molar-refractivity contribution >= 4 is 17.3 Å². The van der Waals surface area contributed by atoms with Crippen LogP contribution < -0.4 is 0 Å². The quantitative estimate of drug-likeness (QED) is 0.913. The highest BCUT2D eigenvalue weighted by atomic mass is 32.1. The van der Waals surface area contributed by atoms with Gasteiger partial charge in [-0.3, -0.25) is 0 Å². The fourth-order valence-electron chi connectivity index (χ4n) is 1.42. The van der Waals surface area contributed by atoms with Gasteiger partial charge < -0.3 is 5.11 Å². The van der Waals surface area contributed by atoms with Crippen LogP contribution >= 0.6 is 11.3 Å². The van der Waals surface area contributed by atoms with Crippen LogP contribution in [0.1, 0.15) is 22.5 Å². The average molecular weight is 255 g/mol. The Balaban J connectivity index is 2.49. The molecule has 2 rings (SSSR count). The summed E-state index contributed by atoms with van der Waals surface area (Å²) in [4.78, 5) is 15.0. The van der Waals surface area contributed by atoms with E-state index in [0.29, 0.717) is 10.4 Å². The molecule has 2 aromatic rings. The smallest absolute Gasteiger partial charge is 0.356 e. The summed E-state index contributed by atoms with van der Waals surface area (Å²) in [5, 5.41) is 8.89. The number of benzene rings is 1. The monoisotopic (exact) mass is 255 g/mol. The van der Waals surface area contributed by atoms with Gasteiger partial charge in [0.1, 0.15) is 0 Å². The van der Waals surface area contributed by atoms with Gasteiger partial charge >= 0.3 is 5.97 Å². The van der Waals surface area contributed by atoms with Gasteiger partial charge in [-0.15, -0.1) is 11.3 Å². The van der Waals surface area contributed by atoms with Gasteiger partial charge in [-0.1, -0.05) is 18.2 Å². The molecule has 0 spiro atoms. The van der Waals surface area contributed by atoms with Crippen LogP contribution in [-0.2, 0) is 0 Å². The molecule has 0 aliphatic rings. The molecule has 6 heteroatoms. The van der Waals surface area contributed by atoms with Gasteiger partial charge in [0.2, 0.25) is 0 Å². The molecule has 3 nitrogen and oxygen atoms in total. The molecule has 1 aromatic heterocycles. The fourth-order valence-corrected chi connectivity index (χ4v) is 2.20. The molecule has 1 aromatic carbocycles. The summed E-state index contributed by atoms with van der Waals surface area (Å²) >= 11 is 1.11. The summed E-state index contributed by atoms with van der Waals surface area (Å²) in [6, 6.07) is 5.65. The van der Waals surface area contributed by atoms with E-state index < -0.39 is 12.4 Å². The number of carboxylic acids is 1. The molecule has 0 aliphatic carbocycles. The second-order valence-corrected chi connectivity index (χ2v) is 4.12. The molecule has 0 saturated carbocycles. The Morgan fingerprint density at radius 3 is 2.82 bits per heavy atom. The van der Waals surface area contributed by atoms with E-state index in [0.717, 1.165) is 11.3 Å². The number of thiazole rings is 1. The van der Waals surface area contributed by atoms with Crippen molar-refractivity contribution in [1.82, 2.24) is 4.98 Å². The number of halogens is 2. The minimum atomic E-state index is -2.57. The Morgan fingerprint density at radius 2 is 2.18 bits per heavy atom. The standard InChI is InChI=1S/C11H7F2NO2S/c12-10(13)7-3-1-2-6(4-7)9-8(11(15)16)14-5-17-9/h1-5,10H,(H,15,16). The predicted octanol–water partition coefficient (Wildman–Crippen LogP) is 3.45. The van der Waals surface area contributed by atoms with E-state index in [2.05, 4.69) is 4.98 Å². The van der Waals surface area contributed by atoms with Gasteiger partial charge in [0.05, 0.1) is 10.4 Å². The Morgan fingerprint density at radius 1 is 1.41 bits per heavy atom. The van der Waals surface area contributed by atoms with E-state index in [1.54, 1.807) is 6.07 Å². The van der Waals surface area contributed by atoms with Gasteiger partial charge in [0, 0.05) is 5.56 Å². The molecule has 0 radical (unpaired) electrons. The molecule has 0 bridgehead atoms. The number of carboxylic acid groups (broad SMARTS) is 1. The maximum absolute atomic E-state index is 12.5. The Hall–Kier alpha value is -1.82. The van der Waals surface area contributed by atoms with Crippen LogP contribution in [0.3, 0.4) is 0 Å². The topological polar surface area (TPSA) is 50.2 Å². The molecule has 0 saturated heterocycles. The van der Waals surface area contributed by atoms with Gasteiger partial charge in [-0.05, 0) is 11.6 Å². The van der Waals surface area contributed by atoms with Crippen LogP contribution in [0.25, 0.3) is 10.4 Å². The van der Waals surface area contributed by atoms with Crippen molar-refractivity contribution in [3.8, 4) is 10.4 Å². The first-order valence-corrected chi connectivity index (χ1v) is 5.53. The third kappa shape index (κ3) is 2.31. The summed E-state index contributed by atoms with van der Waals surface area (Å²) < 4.78 is 25.0. The van der Waals surface area contributed by atoms with E-state index in [9.17, 15) is 13.6 Å². The maximum Gasteiger partial charge on any atom is 0.356 e. The Bertz CT molecular complexity index is 554. The van der Waals surface area contributed by atoms with Gasteiger partial charge in [-0.25, -0.2) is 18.6 Å². The minimum absolute atomic E-state index is 0.110. The lowest BCUT2D eigenvalue weighted by Crippen LogP contribution is -1.98. The SMILES string of the molecule is O=C(O)c1ncsc1-c1cccc(C(F)F)c1. The molecule has 0 unspecified atom stereocenters. The zero-order chi connectivity index (χ0) is 12.4. The lowest BCUT2D eigenvalue weighted by atomic mass is 10.1. The third-order valence-corrected chi connectivity index (χ3v) is 3.05. The van der Waals surface area contributed by atoms with E-state index in [4.69, 9.17) is 5.11 Å². The maximum atomic E-state index is 12.5. The highest BCUT2D eigenvalue weighted by molar-refractivity contribution is 7.13. The molecule has 0 fully saturated rings. The van der Waals surface area contributed by atoms with Crippen LogP contribution in [0.2, 0.25) is 0 Å². The lowest BCUT2D eigenvalue weighted by molar-refractivity contribution is 0.0692. The number of carbonyl (C=O) groups is 1. The minimum Gasteiger partial charge on any atom is -0.476 e. The molecule has 1 heterocycles. The molecule has 88 valence electrons. The van der Waals surface area contributed by atoms with Crippen molar-refractivity contribution in [3.05, 3.63) is 41.0 Å². The molecule has 1 N–H and O–H groups in total. The molecule has 0 aliphatic heterocycles. The van der Waals surface area contributed by atoms with Gasteiger partial charge in [0.15, 0.2) is 5.69 Å². The second kappa shape index (κ2) is 4.58. The molecule has 17 heavy (non-hydrogen) atoms. The lowest BCUT2D eigenvalue weighted by Gasteiger charge is -2.03. The molecule has 0 atom stereocenters. The normalized spacial score (nSPS) is 10.8. The van der Waals surface area contributed by atoms with Crippen LogP contribution in [0.4, 0.5) is 8.78 Å². The summed E-state index contributed by atoms with van der Waals surface area (Å²) in [6.07, 6.45) is -2.57. The van der Waals surface area contributed by atoms with Crippen molar-refractivity contribution in [3.63, 3.8) is 0 Å². The fraction of sp³-hybridized carbons (Fsp3) is 0.0909. The number of nitrogens with zero attached hydrogens (tertiary/aromatic N) is 1. The average Bonchev–Trinajstić information content (AvgIpc) is 2.78. The Kier molecular flexibility index (Phi) is 3.14. The molecule has 0 amide bonds. The summed E-state index contributed by atoms with van der Waals surface area (Å²) in [5.74, 6) is -1.16. The van der Waals surface area contributed by atoms with E-state index in [1.807, 2.05) is 0 Å². The predicted molar refractivity (Wildman–Crippen MR) is 59.5 cm³/mol. The summed E-state index contributed by atoms with van der Waals surface area (Å²) in [5.41, 5.74) is 1.59. The van der Waals surface area contributed by atoms with E-state index >= 15 is 0 Å². The van der Waals surface area contributed by atoms with Crippen molar-refractivity contribution in [2.45, 2.75) is 6.43 Å². The van der Waals surface area contributed by atoms with E-state index in [1.165, 1.54) is 23.7 Å². The Labute approximate surface area is 99.4 Å². The number of aromatic nitrogens is 1. The number of alkyl halides is 2. The first-order chi connectivity index (χ1) is 8.09. The summed E-state index contributed by atoms with van der Waals surface area (Å²) in [7, 11) is 0. The first-order valence-electron chi connectivity index (χ1n) is 4.65. The highest BCUT2D eigenvalue weighted by Crippen LogP contribution is 2.30. The third-order valence-electron chi connectivity index (χ3n) is 2.17. The van der Waals surface area contributed by atoms with Crippen LogP contribution in [0, 0.1) is 0 Å². The number of rotatable bonds is 3. The van der Waals surface area contributed by atoms with Crippen molar-refractivity contribution in [2.75, 3.05) is 0 Å². The van der Waals surface area contributed by atoms with Crippen molar-refractivity contribution in [1.29, 1.82) is 0 Å². The van der Waals surface area contributed by atoms with Crippen LogP contribution in [0.5, 0.6) is 0 Å². The zero-order valence-corrected chi connectivity index (χ0v) is 9.25. The van der Waals surface area contributed by atoms with E-state index in [-0.39, 0.29) is 11.3 Å². The number of hydrogen-bond acceptors (Lipinski definition) is 3.